The summed E-state index contributed by atoms with van der Waals surface area (Å²) in [6, 6.07) is 3.71. The van der Waals surface area contributed by atoms with Crippen molar-refractivity contribution in [2.24, 2.45) is 0 Å². The van der Waals surface area contributed by atoms with E-state index in [1.807, 2.05) is 6.92 Å². The first-order valence-corrected chi connectivity index (χ1v) is 6.35. The molecule has 0 amide bonds. The number of nitriles is 1. The van der Waals surface area contributed by atoms with Gasteiger partial charge in [0.1, 0.15) is 5.60 Å². The second-order valence-corrected chi connectivity index (χ2v) is 5.28. The van der Waals surface area contributed by atoms with Crippen LogP contribution >= 0.6 is 0 Å². The van der Waals surface area contributed by atoms with E-state index in [4.69, 9.17) is 11.1 Å². The van der Waals surface area contributed by atoms with Gasteiger partial charge >= 0.3 is 5.54 Å². The van der Waals surface area contributed by atoms with Crippen LogP contribution in [0.5, 0.6) is 0 Å². The second kappa shape index (κ2) is 5.86. The maximum Gasteiger partial charge on any atom is 0.321 e. The van der Waals surface area contributed by atoms with Crippen molar-refractivity contribution in [1.82, 2.24) is 5.16 Å². The minimum atomic E-state index is -1.11. The van der Waals surface area contributed by atoms with Crippen LogP contribution in [0.4, 0.5) is 0 Å². The first kappa shape index (κ1) is 15.2. The van der Waals surface area contributed by atoms with Crippen LogP contribution in [-0.4, -0.2) is 15.8 Å². The van der Waals surface area contributed by atoms with Crippen LogP contribution in [0.1, 0.15) is 51.5 Å². The lowest BCUT2D eigenvalue weighted by Crippen LogP contribution is -2.25. The Balaban J connectivity index is 2.90. The lowest BCUT2D eigenvalue weighted by atomic mass is 9.89. The number of aromatic nitrogens is 1. The van der Waals surface area contributed by atoms with Gasteiger partial charge in [-0.2, -0.15) is 5.26 Å². The SMILES string of the molecule is [C-]#[N+]C(C#N)(CCCC)Cc1cc(C(C)(C)O)on1. The minimum absolute atomic E-state index is 0.229. The Morgan fingerprint density at radius 1 is 1.58 bits per heavy atom. The molecule has 0 aliphatic heterocycles. The van der Waals surface area contributed by atoms with Crippen LogP contribution in [0.3, 0.4) is 0 Å². The quantitative estimate of drug-likeness (QED) is 0.799. The van der Waals surface area contributed by atoms with E-state index in [-0.39, 0.29) is 6.42 Å². The predicted octanol–water partition coefficient (Wildman–Crippen LogP) is 2.82. The van der Waals surface area contributed by atoms with Crippen molar-refractivity contribution in [3.8, 4) is 6.07 Å². The van der Waals surface area contributed by atoms with E-state index in [0.717, 1.165) is 12.8 Å². The van der Waals surface area contributed by atoms with E-state index in [0.29, 0.717) is 17.9 Å². The summed E-state index contributed by atoms with van der Waals surface area (Å²) in [5.74, 6) is 0.342. The highest BCUT2D eigenvalue weighted by molar-refractivity contribution is 5.23. The molecule has 0 saturated carbocycles. The molecule has 102 valence electrons. The Kier molecular flexibility index (Phi) is 4.69. The molecule has 0 fully saturated rings. The van der Waals surface area contributed by atoms with Gasteiger partial charge in [0.25, 0.3) is 0 Å². The van der Waals surface area contributed by atoms with E-state index < -0.39 is 11.1 Å². The van der Waals surface area contributed by atoms with Gasteiger partial charge in [0.15, 0.2) is 11.8 Å². The Morgan fingerprint density at radius 3 is 2.68 bits per heavy atom. The molecule has 0 radical (unpaired) electrons. The van der Waals surface area contributed by atoms with E-state index in [2.05, 4.69) is 16.1 Å². The third-order valence-corrected chi connectivity index (χ3v) is 3.00. The number of nitrogens with zero attached hydrogens (tertiary/aromatic N) is 3. The van der Waals surface area contributed by atoms with Crippen molar-refractivity contribution in [2.45, 2.75) is 57.6 Å². The Labute approximate surface area is 113 Å². The van der Waals surface area contributed by atoms with Crippen molar-refractivity contribution in [3.63, 3.8) is 0 Å². The largest absolute Gasteiger partial charge is 0.382 e. The first-order chi connectivity index (χ1) is 8.87. The van der Waals surface area contributed by atoms with Crippen LogP contribution in [0.25, 0.3) is 4.85 Å². The zero-order valence-corrected chi connectivity index (χ0v) is 11.6. The molecule has 5 heteroatoms. The van der Waals surface area contributed by atoms with Crippen LogP contribution in [0, 0.1) is 17.9 Å². The average Bonchev–Trinajstić information content (AvgIpc) is 2.83. The van der Waals surface area contributed by atoms with Crippen LogP contribution in [0.2, 0.25) is 0 Å². The Bertz CT molecular complexity index is 486. The van der Waals surface area contributed by atoms with E-state index >= 15 is 0 Å². The topological polar surface area (TPSA) is 74.4 Å². The van der Waals surface area contributed by atoms with Crippen molar-refractivity contribution < 1.29 is 9.63 Å². The monoisotopic (exact) mass is 261 g/mol. The smallest absolute Gasteiger partial charge is 0.321 e. The Morgan fingerprint density at radius 2 is 2.26 bits per heavy atom. The van der Waals surface area contributed by atoms with Gasteiger partial charge in [0.05, 0.1) is 12.1 Å². The fourth-order valence-electron chi connectivity index (χ4n) is 1.76. The molecule has 1 N–H and O–H groups in total. The molecular weight excluding hydrogens is 242 g/mol. The highest BCUT2D eigenvalue weighted by Gasteiger charge is 2.38. The molecule has 0 saturated heterocycles. The van der Waals surface area contributed by atoms with Crippen LogP contribution < -0.4 is 0 Å². The van der Waals surface area contributed by atoms with Gasteiger partial charge in [0, 0.05) is 12.5 Å². The third kappa shape index (κ3) is 3.81. The van der Waals surface area contributed by atoms with Crippen LogP contribution in [0.15, 0.2) is 10.6 Å². The van der Waals surface area contributed by atoms with E-state index in [9.17, 15) is 10.4 Å². The molecule has 1 heterocycles. The van der Waals surface area contributed by atoms with Gasteiger partial charge in [-0.15, -0.1) is 0 Å². The second-order valence-electron chi connectivity index (χ2n) is 5.28. The molecule has 5 nitrogen and oxygen atoms in total. The summed E-state index contributed by atoms with van der Waals surface area (Å²) in [4.78, 5) is 3.49. The zero-order chi connectivity index (χ0) is 14.5. The van der Waals surface area contributed by atoms with Crippen molar-refractivity contribution >= 4 is 0 Å². The summed E-state index contributed by atoms with van der Waals surface area (Å²) in [5.41, 5.74) is -1.66. The molecule has 0 aliphatic rings. The number of aliphatic hydroxyl groups is 1. The summed E-state index contributed by atoms with van der Waals surface area (Å²) in [5, 5.41) is 22.9. The lowest BCUT2D eigenvalue weighted by Gasteiger charge is -2.12. The number of hydrogen-bond acceptors (Lipinski definition) is 4. The molecule has 1 unspecified atom stereocenters. The Hall–Kier alpha value is -1.85. The summed E-state index contributed by atoms with van der Waals surface area (Å²) in [7, 11) is 0. The standard InChI is InChI=1S/C14H19N3O2/c1-5-6-7-14(10-15,16-4)9-11-8-12(19-17-11)13(2,3)18/h8,18H,5-7,9H2,1-3H3. The highest BCUT2D eigenvalue weighted by atomic mass is 16.5. The third-order valence-electron chi connectivity index (χ3n) is 3.00. The molecule has 0 bridgehead atoms. The summed E-state index contributed by atoms with van der Waals surface area (Å²) in [6.07, 6.45) is 2.51. The van der Waals surface area contributed by atoms with Gasteiger partial charge in [-0.25, -0.2) is 6.57 Å². The maximum atomic E-state index is 9.80. The zero-order valence-electron chi connectivity index (χ0n) is 11.6. The number of rotatable bonds is 6. The number of unbranched alkanes of at least 4 members (excludes halogenated alkanes) is 1. The molecule has 1 atom stereocenters. The molecule has 0 aliphatic carbocycles. The molecular formula is C14H19N3O2. The average molecular weight is 261 g/mol. The minimum Gasteiger partial charge on any atom is -0.382 e. The van der Waals surface area contributed by atoms with E-state index in [1.54, 1.807) is 19.9 Å². The molecule has 1 aromatic rings. The van der Waals surface area contributed by atoms with Crippen molar-refractivity contribution in [2.75, 3.05) is 0 Å². The summed E-state index contributed by atoms with van der Waals surface area (Å²) in [6.45, 7) is 12.5. The molecule has 1 aromatic heterocycles. The summed E-state index contributed by atoms with van der Waals surface area (Å²) >= 11 is 0. The van der Waals surface area contributed by atoms with Gasteiger partial charge in [-0.3, -0.25) is 4.85 Å². The van der Waals surface area contributed by atoms with Gasteiger partial charge < -0.3 is 9.63 Å². The molecule has 0 spiro atoms. The fourth-order valence-corrected chi connectivity index (χ4v) is 1.76. The predicted molar refractivity (Wildman–Crippen MR) is 69.9 cm³/mol. The summed E-state index contributed by atoms with van der Waals surface area (Å²) < 4.78 is 5.06. The van der Waals surface area contributed by atoms with Gasteiger partial charge in [-0.1, -0.05) is 18.5 Å². The van der Waals surface area contributed by atoms with Crippen molar-refractivity contribution in [3.05, 3.63) is 28.9 Å². The number of hydrogen-bond donors (Lipinski definition) is 1. The lowest BCUT2D eigenvalue weighted by molar-refractivity contribution is 0.0475. The maximum absolute atomic E-state index is 9.80. The molecule has 19 heavy (non-hydrogen) atoms. The highest BCUT2D eigenvalue weighted by Crippen LogP contribution is 2.26. The van der Waals surface area contributed by atoms with Crippen molar-refractivity contribution in [1.29, 1.82) is 5.26 Å². The van der Waals surface area contributed by atoms with E-state index in [1.165, 1.54) is 0 Å². The van der Waals surface area contributed by atoms with Gasteiger partial charge in [0.2, 0.25) is 0 Å². The first-order valence-electron chi connectivity index (χ1n) is 6.35. The fraction of sp³-hybridized carbons (Fsp3) is 0.643. The normalized spacial score (nSPS) is 14.4. The molecule has 1 rings (SSSR count). The van der Waals surface area contributed by atoms with Crippen LogP contribution in [-0.2, 0) is 12.0 Å². The molecule has 0 aromatic carbocycles. The van der Waals surface area contributed by atoms with Gasteiger partial charge in [-0.05, 0) is 20.3 Å².